The summed E-state index contributed by atoms with van der Waals surface area (Å²) in [5.74, 6) is 0.885. The third-order valence-electron chi connectivity index (χ3n) is 3.15. The molecule has 3 heteroatoms. The Hall–Kier alpha value is -0.120. The lowest BCUT2D eigenvalue weighted by Gasteiger charge is -2.36. The summed E-state index contributed by atoms with van der Waals surface area (Å²) in [5, 5.41) is 0. The molecular formula is C10H20N2O. The second-order valence-electron chi connectivity index (χ2n) is 4.32. The molecule has 2 aliphatic rings. The van der Waals surface area contributed by atoms with Crippen LogP contribution in [0.15, 0.2) is 0 Å². The predicted molar refractivity (Wildman–Crippen MR) is 52.6 cm³/mol. The van der Waals surface area contributed by atoms with E-state index in [1.807, 2.05) is 0 Å². The van der Waals surface area contributed by atoms with Crippen molar-refractivity contribution in [1.82, 2.24) is 4.90 Å². The van der Waals surface area contributed by atoms with Crippen molar-refractivity contribution in [2.24, 2.45) is 11.7 Å². The van der Waals surface area contributed by atoms with Gasteiger partial charge in [-0.2, -0.15) is 0 Å². The Labute approximate surface area is 80.2 Å². The van der Waals surface area contributed by atoms with Crippen LogP contribution < -0.4 is 5.73 Å². The molecule has 2 atom stereocenters. The van der Waals surface area contributed by atoms with Crippen LogP contribution in [0.2, 0.25) is 0 Å². The van der Waals surface area contributed by atoms with Crippen molar-refractivity contribution < 1.29 is 4.74 Å². The SMILES string of the molecule is CC1CN(C(CN)C2CC2)CCO1. The third kappa shape index (κ3) is 2.22. The van der Waals surface area contributed by atoms with E-state index in [1.54, 1.807) is 0 Å². The molecule has 1 saturated carbocycles. The molecule has 2 unspecified atom stereocenters. The first-order chi connectivity index (χ1) is 6.31. The Morgan fingerprint density at radius 2 is 2.31 bits per heavy atom. The Morgan fingerprint density at radius 3 is 2.85 bits per heavy atom. The number of nitrogens with two attached hydrogens (primary N) is 1. The van der Waals surface area contributed by atoms with Gasteiger partial charge in [0.15, 0.2) is 0 Å². The van der Waals surface area contributed by atoms with Gasteiger partial charge in [0, 0.05) is 25.7 Å². The minimum absolute atomic E-state index is 0.390. The van der Waals surface area contributed by atoms with Gasteiger partial charge in [-0.15, -0.1) is 0 Å². The van der Waals surface area contributed by atoms with Crippen molar-refractivity contribution in [3.05, 3.63) is 0 Å². The van der Waals surface area contributed by atoms with Crippen LogP contribution in [0.25, 0.3) is 0 Å². The average molecular weight is 184 g/mol. The molecule has 3 nitrogen and oxygen atoms in total. The average Bonchev–Trinajstić information content (AvgIpc) is 2.90. The van der Waals surface area contributed by atoms with Crippen LogP contribution in [0.1, 0.15) is 19.8 Å². The first-order valence-electron chi connectivity index (χ1n) is 5.37. The van der Waals surface area contributed by atoms with E-state index in [1.165, 1.54) is 12.8 Å². The van der Waals surface area contributed by atoms with Gasteiger partial charge in [0.2, 0.25) is 0 Å². The summed E-state index contributed by atoms with van der Waals surface area (Å²) >= 11 is 0. The highest BCUT2D eigenvalue weighted by Gasteiger charge is 2.35. The highest BCUT2D eigenvalue weighted by molar-refractivity contribution is 4.90. The lowest BCUT2D eigenvalue weighted by atomic mass is 10.1. The normalized spacial score (nSPS) is 33.2. The minimum atomic E-state index is 0.390. The zero-order valence-electron chi connectivity index (χ0n) is 8.41. The number of nitrogens with zero attached hydrogens (tertiary/aromatic N) is 1. The summed E-state index contributed by atoms with van der Waals surface area (Å²) in [5.41, 5.74) is 5.81. The van der Waals surface area contributed by atoms with E-state index < -0.39 is 0 Å². The van der Waals surface area contributed by atoms with Gasteiger partial charge in [-0.05, 0) is 25.7 Å². The standard InChI is InChI=1S/C10H20N2O/c1-8-7-12(4-5-13-8)10(6-11)9-2-3-9/h8-10H,2-7,11H2,1H3. The fourth-order valence-electron chi connectivity index (χ4n) is 2.27. The fourth-order valence-corrected chi connectivity index (χ4v) is 2.27. The maximum atomic E-state index is 5.81. The molecule has 2 N–H and O–H groups in total. The maximum absolute atomic E-state index is 5.81. The molecule has 0 aromatic carbocycles. The van der Waals surface area contributed by atoms with Crippen molar-refractivity contribution in [3.8, 4) is 0 Å². The van der Waals surface area contributed by atoms with Crippen LogP contribution in [-0.2, 0) is 4.74 Å². The van der Waals surface area contributed by atoms with E-state index in [-0.39, 0.29) is 0 Å². The number of hydrogen-bond donors (Lipinski definition) is 1. The van der Waals surface area contributed by atoms with Gasteiger partial charge in [-0.1, -0.05) is 0 Å². The molecule has 2 rings (SSSR count). The Morgan fingerprint density at radius 1 is 1.54 bits per heavy atom. The summed E-state index contributed by atoms with van der Waals surface area (Å²) in [6, 6.07) is 0.631. The summed E-state index contributed by atoms with van der Waals surface area (Å²) in [7, 11) is 0. The molecule has 0 radical (unpaired) electrons. The Balaban J connectivity index is 1.88. The molecule has 2 fully saturated rings. The van der Waals surface area contributed by atoms with Gasteiger partial charge < -0.3 is 10.5 Å². The molecule has 0 aromatic heterocycles. The van der Waals surface area contributed by atoms with Crippen molar-refractivity contribution >= 4 is 0 Å². The summed E-state index contributed by atoms with van der Waals surface area (Å²) in [6.45, 7) is 5.98. The largest absolute Gasteiger partial charge is 0.376 e. The van der Waals surface area contributed by atoms with E-state index in [9.17, 15) is 0 Å². The molecule has 1 aliphatic carbocycles. The highest BCUT2D eigenvalue weighted by Crippen LogP contribution is 2.35. The monoisotopic (exact) mass is 184 g/mol. The van der Waals surface area contributed by atoms with Gasteiger partial charge in [-0.3, -0.25) is 4.90 Å². The molecule has 0 amide bonds. The molecule has 0 aromatic rings. The molecule has 76 valence electrons. The first kappa shape index (κ1) is 9.44. The Kier molecular flexibility index (Phi) is 2.86. The molecule has 0 bridgehead atoms. The van der Waals surface area contributed by atoms with Crippen LogP contribution in [0, 0.1) is 5.92 Å². The van der Waals surface area contributed by atoms with E-state index >= 15 is 0 Å². The second-order valence-corrected chi connectivity index (χ2v) is 4.32. The zero-order valence-corrected chi connectivity index (χ0v) is 8.41. The summed E-state index contributed by atoms with van der Waals surface area (Å²) in [6.07, 6.45) is 3.16. The van der Waals surface area contributed by atoms with Crippen LogP contribution in [0.4, 0.5) is 0 Å². The van der Waals surface area contributed by atoms with Crippen LogP contribution in [-0.4, -0.2) is 43.3 Å². The lowest BCUT2D eigenvalue weighted by molar-refractivity contribution is -0.0359. The predicted octanol–water partition coefficient (Wildman–Crippen LogP) is 0.444. The minimum Gasteiger partial charge on any atom is -0.376 e. The number of morpholine rings is 1. The smallest absolute Gasteiger partial charge is 0.0674 e. The van der Waals surface area contributed by atoms with Crippen LogP contribution >= 0.6 is 0 Å². The van der Waals surface area contributed by atoms with Crippen molar-refractivity contribution in [2.75, 3.05) is 26.2 Å². The number of ether oxygens (including phenoxy) is 1. The molecule has 0 spiro atoms. The molecule has 1 heterocycles. The topological polar surface area (TPSA) is 38.5 Å². The van der Waals surface area contributed by atoms with Crippen LogP contribution in [0.5, 0.6) is 0 Å². The van der Waals surface area contributed by atoms with Gasteiger partial charge in [0.25, 0.3) is 0 Å². The summed E-state index contributed by atoms with van der Waals surface area (Å²) < 4.78 is 5.52. The molecule has 1 saturated heterocycles. The fraction of sp³-hybridized carbons (Fsp3) is 1.00. The quantitative estimate of drug-likeness (QED) is 0.692. The van der Waals surface area contributed by atoms with E-state index in [0.717, 1.165) is 32.2 Å². The highest BCUT2D eigenvalue weighted by atomic mass is 16.5. The van der Waals surface area contributed by atoms with Crippen molar-refractivity contribution in [1.29, 1.82) is 0 Å². The van der Waals surface area contributed by atoms with Crippen molar-refractivity contribution in [2.45, 2.75) is 31.9 Å². The van der Waals surface area contributed by atoms with E-state index in [2.05, 4.69) is 11.8 Å². The van der Waals surface area contributed by atoms with Gasteiger partial charge >= 0.3 is 0 Å². The molecular weight excluding hydrogens is 164 g/mol. The maximum Gasteiger partial charge on any atom is 0.0674 e. The first-order valence-corrected chi connectivity index (χ1v) is 5.37. The third-order valence-corrected chi connectivity index (χ3v) is 3.15. The Bertz CT molecular complexity index is 170. The van der Waals surface area contributed by atoms with E-state index in [4.69, 9.17) is 10.5 Å². The van der Waals surface area contributed by atoms with Crippen molar-refractivity contribution in [3.63, 3.8) is 0 Å². The van der Waals surface area contributed by atoms with Gasteiger partial charge in [0.05, 0.1) is 12.7 Å². The van der Waals surface area contributed by atoms with E-state index in [0.29, 0.717) is 12.1 Å². The lowest BCUT2D eigenvalue weighted by Crippen LogP contribution is -2.50. The number of rotatable bonds is 3. The molecule has 13 heavy (non-hydrogen) atoms. The van der Waals surface area contributed by atoms with Gasteiger partial charge in [-0.25, -0.2) is 0 Å². The zero-order chi connectivity index (χ0) is 9.26. The summed E-state index contributed by atoms with van der Waals surface area (Å²) in [4.78, 5) is 2.52. The second kappa shape index (κ2) is 3.95. The van der Waals surface area contributed by atoms with Crippen LogP contribution in [0.3, 0.4) is 0 Å². The van der Waals surface area contributed by atoms with Gasteiger partial charge in [0.1, 0.15) is 0 Å². The number of hydrogen-bond acceptors (Lipinski definition) is 3. The molecule has 1 aliphatic heterocycles.